The van der Waals surface area contributed by atoms with Gasteiger partial charge >= 0.3 is 0 Å². The topological polar surface area (TPSA) is 50.4 Å². The third-order valence-electron chi connectivity index (χ3n) is 3.88. The maximum Gasteiger partial charge on any atom is 0.228 e. The van der Waals surface area contributed by atoms with Gasteiger partial charge in [-0.15, -0.1) is 0 Å². The first-order valence-electron chi connectivity index (χ1n) is 7.05. The van der Waals surface area contributed by atoms with Gasteiger partial charge < -0.3 is 15.4 Å². The summed E-state index contributed by atoms with van der Waals surface area (Å²) in [7, 11) is 0. The Morgan fingerprint density at radius 1 is 1.30 bits per heavy atom. The zero-order valence-corrected chi connectivity index (χ0v) is 12.5. The summed E-state index contributed by atoms with van der Waals surface area (Å²) in [6.07, 6.45) is 2.88. The van der Waals surface area contributed by atoms with Gasteiger partial charge in [-0.1, -0.05) is 11.6 Å². The highest BCUT2D eigenvalue weighted by Gasteiger charge is 2.26. The van der Waals surface area contributed by atoms with Crippen LogP contribution in [0, 0.1) is 0 Å². The molecule has 0 radical (unpaired) electrons. The van der Waals surface area contributed by atoms with Gasteiger partial charge in [0.25, 0.3) is 0 Å². The van der Waals surface area contributed by atoms with E-state index >= 15 is 0 Å². The standard InChI is InChI=1S/C15H19ClN2O2/c1-8-3-11(4-9(2)20-8)17-14-5-10-6-15(19)18-13(10)7-12(14)16/h5,7-9,11,17H,3-4,6H2,1-2H3,(H,18,19). The van der Waals surface area contributed by atoms with Crippen molar-refractivity contribution in [2.45, 2.75) is 51.4 Å². The summed E-state index contributed by atoms with van der Waals surface area (Å²) in [4.78, 5) is 11.4. The molecule has 0 aliphatic carbocycles. The van der Waals surface area contributed by atoms with E-state index in [1.54, 1.807) is 0 Å². The molecule has 2 aliphatic rings. The van der Waals surface area contributed by atoms with E-state index in [2.05, 4.69) is 24.5 Å². The molecule has 2 N–H and O–H groups in total. The predicted octanol–water partition coefficient (Wildman–Crippen LogP) is 3.20. The molecular formula is C15H19ClN2O2. The van der Waals surface area contributed by atoms with Gasteiger partial charge in [0.15, 0.2) is 0 Å². The third kappa shape index (κ3) is 2.76. The van der Waals surface area contributed by atoms with Gasteiger partial charge in [0.05, 0.1) is 29.3 Å². The van der Waals surface area contributed by atoms with E-state index < -0.39 is 0 Å². The van der Waals surface area contributed by atoms with Crippen LogP contribution in [0.3, 0.4) is 0 Å². The van der Waals surface area contributed by atoms with Crippen LogP contribution in [0.4, 0.5) is 11.4 Å². The van der Waals surface area contributed by atoms with E-state index in [0.717, 1.165) is 29.8 Å². The van der Waals surface area contributed by atoms with Crippen LogP contribution in [-0.4, -0.2) is 24.2 Å². The molecular weight excluding hydrogens is 276 g/mol. The zero-order valence-electron chi connectivity index (χ0n) is 11.7. The zero-order chi connectivity index (χ0) is 14.3. The van der Waals surface area contributed by atoms with Crippen LogP contribution in [-0.2, 0) is 16.0 Å². The number of ether oxygens (including phenoxy) is 1. The second-order valence-corrected chi connectivity index (χ2v) is 6.19. The lowest BCUT2D eigenvalue weighted by Gasteiger charge is -2.33. The molecule has 20 heavy (non-hydrogen) atoms. The number of halogens is 1. The number of nitrogens with one attached hydrogen (secondary N) is 2. The average Bonchev–Trinajstić information content (AvgIpc) is 2.67. The van der Waals surface area contributed by atoms with Crippen molar-refractivity contribution in [3.05, 3.63) is 22.7 Å². The number of hydrogen-bond donors (Lipinski definition) is 2. The molecule has 2 atom stereocenters. The van der Waals surface area contributed by atoms with Crippen molar-refractivity contribution in [1.82, 2.24) is 0 Å². The second-order valence-electron chi connectivity index (χ2n) is 5.78. The Kier molecular flexibility index (Phi) is 3.61. The van der Waals surface area contributed by atoms with Gasteiger partial charge in [0.1, 0.15) is 0 Å². The second kappa shape index (κ2) is 5.26. The molecule has 0 aromatic heterocycles. The molecule has 0 saturated carbocycles. The normalized spacial score (nSPS) is 28.9. The highest BCUT2D eigenvalue weighted by molar-refractivity contribution is 6.33. The third-order valence-corrected chi connectivity index (χ3v) is 4.19. The van der Waals surface area contributed by atoms with E-state index in [4.69, 9.17) is 16.3 Å². The molecule has 5 heteroatoms. The minimum absolute atomic E-state index is 0.0292. The molecule has 1 aromatic rings. The average molecular weight is 295 g/mol. The smallest absolute Gasteiger partial charge is 0.228 e. The van der Waals surface area contributed by atoms with Gasteiger partial charge in [-0.2, -0.15) is 0 Å². The number of amides is 1. The highest BCUT2D eigenvalue weighted by atomic mass is 35.5. The Labute approximate surface area is 123 Å². The van der Waals surface area contributed by atoms with Crippen molar-refractivity contribution in [3.63, 3.8) is 0 Å². The van der Waals surface area contributed by atoms with Crippen LogP contribution in [0.2, 0.25) is 5.02 Å². The summed E-state index contributed by atoms with van der Waals surface area (Å²) in [5, 5.41) is 6.97. The molecule has 4 nitrogen and oxygen atoms in total. The molecule has 1 aromatic carbocycles. The number of hydrogen-bond acceptors (Lipinski definition) is 3. The predicted molar refractivity (Wildman–Crippen MR) is 80.4 cm³/mol. The lowest BCUT2D eigenvalue weighted by molar-refractivity contribution is -0.115. The minimum atomic E-state index is 0.0292. The Balaban J connectivity index is 1.78. The number of carbonyl (C=O) groups excluding carboxylic acids is 1. The van der Waals surface area contributed by atoms with Crippen LogP contribution in [0.15, 0.2) is 12.1 Å². The van der Waals surface area contributed by atoms with Crippen molar-refractivity contribution in [1.29, 1.82) is 0 Å². The number of benzene rings is 1. The number of fused-ring (bicyclic) bond motifs is 1. The molecule has 2 heterocycles. The fourth-order valence-corrected chi connectivity index (χ4v) is 3.32. The Morgan fingerprint density at radius 2 is 2.00 bits per heavy atom. The molecule has 1 amide bonds. The molecule has 0 bridgehead atoms. The first-order valence-corrected chi connectivity index (χ1v) is 7.43. The summed E-state index contributed by atoms with van der Waals surface area (Å²) >= 11 is 6.30. The van der Waals surface area contributed by atoms with Gasteiger partial charge in [-0.05, 0) is 44.4 Å². The summed E-state index contributed by atoms with van der Waals surface area (Å²) in [5.74, 6) is 0.0292. The molecule has 2 unspecified atom stereocenters. The molecule has 108 valence electrons. The number of anilines is 2. The van der Waals surface area contributed by atoms with Gasteiger partial charge in [-0.25, -0.2) is 0 Å². The van der Waals surface area contributed by atoms with Crippen LogP contribution in [0.5, 0.6) is 0 Å². The summed E-state index contributed by atoms with van der Waals surface area (Å²) in [5.41, 5.74) is 2.75. The van der Waals surface area contributed by atoms with E-state index in [1.165, 1.54) is 0 Å². The lowest BCUT2D eigenvalue weighted by atomic mass is 9.99. The fraction of sp³-hybridized carbons (Fsp3) is 0.533. The Bertz CT molecular complexity index is 537. The van der Waals surface area contributed by atoms with Crippen LogP contribution < -0.4 is 10.6 Å². The Hall–Kier alpha value is -1.26. The number of carbonyl (C=O) groups is 1. The summed E-state index contributed by atoms with van der Waals surface area (Å²) in [6.45, 7) is 4.19. The first-order chi connectivity index (χ1) is 9.51. The van der Waals surface area contributed by atoms with Crippen molar-refractivity contribution in [2.24, 2.45) is 0 Å². The van der Waals surface area contributed by atoms with E-state index in [1.807, 2.05) is 12.1 Å². The quantitative estimate of drug-likeness (QED) is 0.880. The fourth-order valence-electron chi connectivity index (χ4n) is 3.10. The van der Waals surface area contributed by atoms with Crippen LogP contribution >= 0.6 is 11.6 Å². The van der Waals surface area contributed by atoms with Crippen LogP contribution in [0.25, 0.3) is 0 Å². The van der Waals surface area contributed by atoms with E-state index in [9.17, 15) is 4.79 Å². The van der Waals surface area contributed by atoms with Gasteiger partial charge in [0, 0.05) is 11.7 Å². The molecule has 2 aliphatic heterocycles. The summed E-state index contributed by atoms with van der Waals surface area (Å²) < 4.78 is 5.74. The highest BCUT2D eigenvalue weighted by Crippen LogP contribution is 2.34. The van der Waals surface area contributed by atoms with E-state index in [-0.39, 0.29) is 18.1 Å². The SMILES string of the molecule is CC1CC(Nc2cc3c(cc2Cl)NC(=O)C3)CC(C)O1. The summed E-state index contributed by atoms with van der Waals surface area (Å²) in [6, 6.07) is 4.17. The van der Waals surface area contributed by atoms with Gasteiger partial charge in [0.2, 0.25) is 5.91 Å². The number of rotatable bonds is 2. The largest absolute Gasteiger partial charge is 0.381 e. The van der Waals surface area contributed by atoms with Crippen LogP contribution in [0.1, 0.15) is 32.3 Å². The Morgan fingerprint density at radius 3 is 2.70 bits per heavy atom. The van der Waals surface area contributed by atoms with Crippen molar-refractivity contribution >= 4 is 28.9 Å². The maximum atomic E-state index is 11.4. The molecule has 0 spiro atoms. The lowest BCUT2D eigenvalue weighted by Crippen LogP contribution is -2.36. The monoisotopic (exact) mass is 294 g/mol. The van der Waals surface area contributed by atoms with E-state index in [0.29, 0.717) is 17.5 Å². The van der Waals surface area contributed by atoms with Crippen molar-refractivity contribution < 1.29 is 9.53 Å². The maximum absolute atomic E-state index is 11.4. The van der Waals surface area contributed by atoms with Gasteiger partial charge in [-0.3, -0.25) is 4.79 Å². The minimum Gasteiger partial charge on any atom is -0.381 e. The molecule has 1 fully saturated rings. The molecule has 1 saturated heterocycles. The van der Waals surface area contributed by atoms with Crippen molar-refractivity contribution in [3.8, 4) is 0 Å². The first kappa shape index (κ1) is 13.7. The van der Waals surface area contributed by atoms with Crippen molar-refractivity contribution in [2.75, 3.05) is 10.6 Å². The molecule has 3 rings (SSSR count).